The molecule has 0 aliphatic carbocycles. The summed E-state index contributed by atoms with van der Waals surface area (Å²) in [6.07, 6.45) is 3.31. The van der Waals surface area contributed by atoms with Crippen molar-refractivity contribution in [1.82, 2.24) is 18.7 Å². The summed E-state index contributed by atoms with van der Waals surface area (Å²) >= 11 is 0. The molecule has 0 saturated carbocycles. The molecule has 5 rings (SSSR count). The molecule has 0 amide bonds. The highest BCUT2D eigenvalue weighted by Gasteiger charge is 2.24. The van der Waals surface area contributed by atoms with Crippen molar-refractivity contribution in [1.29, 1.82) is 0 Å². The fourth-order valence-electron chi connectivity index (χ4n) is 4.30. The maximum Gasteiger partial charge on any atom is 0.337 e. The van der Waals surface area contributed by atoms with E-state index in [0.717, 1.165) is 18.4 Å². The highest BCUT2D eigenvalue weighted by molar-refractivity contribution is 5.72. The Morgan fingerprint density at radius 3 is 2.45 bits per heavy atom. The number of benzene rings is 2. The van der Waals surface area contributed by atoms with E-state index in [1.807, 2.05) is 72.2 Å². The Hall–Kier alpha value is -3.45. The molecule has 7 heteroatoms. The zero-order valence-electron chi connectivity index (χ0n) is 17.3. The zero-order valence-corrected chi connectivity index (χ0v) is 17.3. The minimum atomic E-state index is -0.392. The van der Waals surface area contributed by atoms with Crippen molar-refractivity contribution in [2.45, 2.75) is 38.5 Å². The van der Waals surface area contributed by atoms with Crippen LogP contribution in [0.1, 0.15) is 31.4 Å². The lowest BCUT2D eigenvalue weighted by atomic mass is 10.1. The third-order valence-electron chi connectivity index (χ3n) is 5.98. The van der Waals surface area contributed by atoms with E-state index in [2.05, 4.69) is 4.98 Å². The van der Waals surface area contributed by atoms with Gasteiger partial charge in [-0.3, -0.25) is 9.36 Å². The van der Waals surface area contributed by atoms with Gasteiger partial charge in [-0.2, -0.15) is 0 Å². The molecule has 158 valence electrons. The lowest BCUT2D eigenvalue weighted by molar-refractivity contribution is 0.0950. The summed E-state index contributed by atoms with van der Waals surface area (Å²) in [5.74, 6) is 0. The lowest BCUT2D eigenvalue weighted by Crippen LogP contribution is -2.42. The first-order valence-electron chi connectivity index (χ1n) is 10.6. The summed E-state index contributed by atoms with van der Waals surface area (Å²) in [5, 5.41) is 0. The predicted octanol–water partition coefficient (Wildman–Crippen LogP) is 3.14. The third kappa shape index (κ3) is 3.41. The maximum absolute atomic E-state index is 13.6. The van der Waals surface area contributed by atoms with Crippen molar-refractivity contribution in [2.75, 3.05) is 6.61 Å². The van der Waals surface area contributed by atoms with Gasteiger partial charge in [-0.15, -0.1) is 0 Å². The van der Waals surface area contributed by atoms with Crippen molar-refractivity contribution in [3.8, 4) is 5.69 Å². The van der Waals surface area contributed by atoms with Gasteiger partial charge in [0.15, 0.2) is 11.2 Å². The molecule has 0 spiro atoms. The molecule has 3 heterocycles. The van der Waals surface area contributed by atoms with Crippen molar-refractivity contribution in [2.24, 2.45) is 0 Å². The van der Waals surface area contributed by atoms with Crippen LogP contribution in [0.4, 0.5) is 0 Å². The predicted molar refractivity (Wildman–Crippen MR) is 119 cm³/mol. The summed E-state index contributed by atoms with van der Waals surface area (Å²) < 4.78 is 10.4. The van der Waals surface area contributed by atoms with E-state index in [4.69, 9.17) is 4.74 Å². The van der Waals surface area contributed by atoms with Crippen LogP contribution in [0.2, 0.25) is 0 Å². The van der Waals surface area contributed by atoms with Gasteiger partial charge in [0.2, 0.25) is 0 Å². The molecule has 2 atom stereocenters. The van der Waals surface area contributed by atoms with Gasteiger partial charge >= 0.3 is 5.69 Å². The summed E-state index contributed by atoms with van der Waals surface area (Å²) in [4.78, 5) is 31.6. The molecule has 0 radical (unpaired) electrons. The average molecular weight is 416 g/mol. The first kappa shape index (κ1) is 19.5. The molecule has 1 saturated heterocycles. The van der Waals surface area contributed by atoms with Gasteiger partial charge in [0.1, 0.15) is 0 Å². The number of hydrogen-bond acceptors (Lipinski definition) is 4. The topological polar surface area (TPSA) is 71.1 Å². The molecule has 0 N–H and O–H groups in total. The fourth-order valence-corrected chi connectivity index (χ4v) is 4.30. The van der Waals surface area contributed by atoms with Crippen molar-refractivity contribution >= 4 is 11.2 Å². The van der Waals surface area contributed by atoms with Crippen molar-refractivity contribution in [3.63, 3.8) is 0 Å². The summed E-state index contributed by atoms with van der Waals surface area (Å²) in [6, 6.07) is 19.2. The number of para-hydroxylation sites is 1. The Balaban J connectivity index is 1.77. The number of rotatable bonds is 5. The molecule has 2 aromatic heterocycles. The van der Waals surface area contributed by atoms with Gasteiger partial charge < -0.3 is 9.30 Å². The van der Waals surface area contributed by atoms with Gasteiger partial charge in [-0.25, -0.2) is 14.3 Å². The zero-order chi connectivity index (χ0) is 21.4. The Bertz CT molecular complexity index is 1320. The number of hydrogen-bond donors (Lipinski definition) is 0. The molecule has 7 nitrogen and oxygen atoms in total. The van der Waals surface area contributed by atoms with E-state index in [-0.39, 0.29) is 24.2 Å². The molecule has 2 unspecified atom stereocenters. The molecule has 2 aromatic carbocycles. The number of imidazole rings is 1. The molecule has 1 aliphatic heterocycles. The Morgan fingerprint density at radius 2 is 1.77 bits per heavy atom. The SMILES string of the molecule is CC(c1ccccc1)n1cnc2c1c(=O)n(CC1CCCO1)c(=O)n2-c1ccccc1. The molecule has 4 aromatic rings. The van der Waals surface area contributed by atoms with Crippen LogP contribution in [-0.4, -0.2) is 31.4 Å². The molecular formula is C24H24N4O3. The molecule has 31 heavy (non-hydrogen) atoms. The minimum absolute atomic E-state index is 0.114. The van der Waals surface area contributed by atoms with Gasteiger partial charge in [-0.05, 0) is 37.5 Å². The third-order valence-corrected chi connectivity index (χ3v) is 5.98. The second-order valence-corrected chi connectivity index (χ2v) is 7.92. The highest BCUT2D eigenvalue weighted by atomic mass is 16.5. The first-order valence-corrected chi connectivity index (χ1v) is 10.6. The number of nitrogens with zero attached hydrogens (tertiary/aromatic N) is 4. The van der Waals surface area contributed by atoms with Crippen molar-refractivity contribution < 1.29 is 4.74 Å². The van der Waals surface area contributed by atoms with E-state index in [0.29, 0.717) is 23.5 Å². The normalized spacial score (nSPS) is 17.3. The van der Waals surface area contributed by atoms with Crippen LogP contribution >= 0.6 is 0 Å². The second-order valence-electron chi connectivity index (χ2n) is 7.92. The van der Waals surface area contributed by atoms with Crippen LogP contribution in [0.15, 0.2) is 76.6 Å². The van der Waals surface area contributed by atoms with Crippen molar-refractivity contribution in [3.05, 3.63) is 93.4 Å². The van der Waals surface area contributed by atoms with E-state index in [1.165, 1.54) is 9.13 Å². The first-order chi connectivity index (χ1) is 15.1. The van der Waals surface area contributed by atoms with E-state index in [1.54, 1.807) is 6.33 Å². The second kappa shape index (κ2) is 8.00. The molecule has 1 fully saturated rings. The monoisotopic (exact) mass is 416 g/mol. The van der Waals surface area contributed by atoms with Gasteiger partial charge in [-0.1, -0.05) is 48.5 Å². The molecular weight excluding hydrogens is 392 g/mol. The molecule has 1 aliphatic rings. The smallest absolute Gasteiger partial charge is 0.337 e. The molecule has 0 bridgehead atoms. The maximum atomic E-state index is 13.6. The largest absolute Gasteiger partial charge is 0.376 e. The summed E-state index contributed by atoms with van der Waals surface area (Å²) in [5.41, 5.74) is 1.80. The number of ether oxygens (including phenoxy) is 1. The van der Waals surface area contributed by atoms with Crippen LogP contribution in [0.5, 0.6) is 0 Å². The number of fused-ring (bicyclic) bond motifs is 1. The summed E-state index contributed by atoms with van der Waals surface area (Å²) in [6.45, 7) is 2.93. The Labute approximate surface area is 179 Å². The quantitative estimate of drug-likeness (QED) is 0.501. The van der Waals surface area contributed by atoms with Crippen LogP contribution in [0, 0.1) is 0 Å². The van der Waals surface area contributed by atoms with E-state index in [9.17, 15) is 9.59 Å². The van der Waals surface area contributed by atoms with E-state index < -0.39 is 5.69 Å². The Kier molecular flexibility index (Phi) is 5.03. The van der Waals surface area contributed by atoms with Gasteiger partial charge in [0.25, 0.3) is 5.56 Å². The minimum Gasteiger partial charge on any atom is -0.376 e. The van der Waals surface area contributed by atoms with E-state index >= 15 is 0 Å². The van der Waals surface area contributed by atoms with Crippen LogP contribution in [0.3, 0.4) is 0 Å². The van der Waals surface area contributed by atoms with Crippen LogP contribution < -0.4 is 11.2 Å². The standard InChI is InChI=1S/C24H24N4O3/c1-17(18-9-4-2-5-10-18)27-16-25-22-21(27)23(29)26(15-20-13-8-14-31-20)24(30)28(22)19-11-6-3-7-12-19/h2-7,9-12,16-17,20H,8,13-15H2,1H3. The average Bonchev–Trinajstić information content (AvgIpc) is 3.48. The number of aromatic nitrogens is 4. The van der Waals surface area contributed by atoms with Crippen LogP contribution in [-0.2, 0) is 11.3 Å². The van der Waals surface area contributed by atoms with Gasteiger partial charge in [0, 0.05) is 6.61 Å². The fraction of sp³-hybridized carbons (Fsp3) is 0.292. The van der Waals surface area contributed by atoms with Gasteiger partial charge in [0.05, 0.1) is 30.7 Å². The Morgan fingerprint density at radius 1 is 1.06 bits per heavy atom. The van der Waals surface area contributed by atoms with Crippen LogP contribution in [0.25, 0.3) is 16.9 Å². The summed E-state index contributed by atoms with van der Waals surface area (Å²) in [7, 11) is 0. The lowest BCUT2D eigenvalue weighted by Gasteiger charge is -2.17. The highest BCUT2D eigenvalue weighted by Crippen LogP contribution is 2.22.